The number of H-pyrrole nitrogens is 1. The Hall–Kier alpha value is -3.06. The van der Waals surface area contributed by atoms with E-state index >= 15 is 0 Å². The van der Waals surface area contributed by atoms with E-state index in [2.05, 4.69) is 15.3 Å². The van der Waals surface area contributed by atoms with Gasteiger partial charge in [0.15, 0.2) is 0 Å². The van der Waals surface area contributed by atoms with Crippen LogP contribution in [0.2, 0.25) is 0 Å². The number of ether oxygens (including phenoxy) is 2. The zero-order valence-corrected chi connectivity index (χ0v) is 14.2. The smallest absolute Gasteiger partial charge is 0.409 e. The van der Waals surface area contributed by atoms with E-state index in [-0.39, 0.29) is 6.10 Å². The van der Waals surface area contributed by atoms with E-state index in [1.165, 1.54) is 0 Å². The topological polar surface area (TPSA) is 102 Å². The highest BCUT2D eigenvalue weighted by molar-refractivity contribution is 5.81. The molecule has 2 aromatic carbocycles. The summed E-state index contributed by atoms with van der Waals surface area (Å²) in [5.74, 6) is 1.99. The Morgan fingerprint density at radius 2 is 1.81 bits per heavy atom. The van der Waals surface area contributed by atoms with E-state index < -0.39 is 6.09 Å². The molecular weight excluding hydrogens is 332 g/mol. The fraction of sp³-hybridized carbons (Fsp3) is 0.263. The maximum absolute atomic E-state index is 10.9. The predicted molar refractivity (Wildman–Crippen MR) is 98.3 cm³/mol. The molecule has 1 aliphatic heterocycles. The van der Waals surface area contributed by atoms with Crippen LogP contribution >= 0.6 is 0 Å². The first-order valence-corrected chi connectivity index (χ1v) is 8.62. The minimum atomic E-state index is -0.839. The second kappa shape index (κ2) is 7.05. The van der Waals surface area contributed by atoms with Gasteiger partial charge in [0.1, 0.15) is 23.4 Å². The van der Waals surface area contributed by atoms with Crippen LogP contribution in [0.25, 0.3) is 22.4 Å². The lowest BCUT2D eigenvalue weighted by Crippen LogP contribution is -2.34. The van der Waals surface area contributed by atoms with Crippen molar-refractivity contribution in [2.45, 2.75) is 18.9 Å². The molecule has 1 aliphatic rings. The number of fused-ring (bicyclic) bond motifs is 1. The Labute approximate surface area is 150 Å². The van der Waals surface area contributed by atoms with Crippen molar-refractivity contribution >= 4 is 17.1 Å². The van der Waals surface area contributed by atoms with Crippen LogP contribution in [-0.2, 0) is 0 Å². The van der Waals surface area contributed by atoms with Crippen molar-refractivity contribution in [1.29, 1.82) is 0 Å². The molecule has 7 nitrogen and oxygen atoms in total. The number of nitrogens with zero attached hydrogens (tertiary/aromatic N) is 1. The number of aromatic nitrogens is 2. The van der Waals surface area contributed by atoms with E-state index in [0.717, 1.165) is 54.1 Å². The van der Waals surface area contributed by atoms with Gasteiger partial charge in [-0.25, -0.2) is 9.78 Å². The van der Waals surface area contributed by atoms with E-state index in [9.17, 15) is 4.79 Å². The molecule has 0 spiro atoms. The Morgan fingerprint density at radius 1 is 1.08 bits per heavy atom. The number of carbonyl (C=O) groups is 1. The zero-order valence-electron chi connectivity index (χ0n) is 14.2. The Balaban J connectivity index is 1.52. The van der Waals surface area contributed by atoms with Crippen LogP contribution in [0.3, 0.4) is 0 Å². The molecule has 0 aliphatic carbocycles. The molecule has 0 saturated carbocycles. The monoisotopic (exact) mass is 352 g/mol. The molecule has 4 rings (SSSR count). The van der Waals surface area contributed by atoms with Crippen molar-refractivity contribution in [3.63, 3.8) is 0 Å². The quantitative estimate of drug-likeness (QED) is 0.670. The number of hydrogen-bond acceptors (Lipinski definition) is 5. The van der Waals surface area contributed by atoms with Crippen LogP contribution in [0, 0.1) is 0 Å². The van der Waals surface area contributed by atoms with Gasteiger partial charge in [0.05, 0.1) is 11.0 Å². The summed E-state index contributed by atoms with van der Waals surface area (Å²) in [4.78, 5) is 18.7. The number of benzene rings is 2. The minimum absolute atomic E-state index is 0.275. The molecule has 0 radical (unpaired) electrons. The molecule has 1 amide bonds. The number of imidazole rings is 1. The van der Waals surface area contributed by atoms with Gasteiger partial charge in [0.25, 0.3) is 0 Å². The third kappa shape index (κ3) is 3.62. The lowest BCUT2D eigenvalue weighted by Gasteiger charge is -2.23. The Bertz CT molecular complexity index is 914. The highest BCUT2D eigenvalue weighted by Crippen LogP contribution is 2.26. The van der Waals surface area contributed by atoms with Crippen molar-refractivity contribution in [1.82, 2.24) is 15.3 Å². The Kier molecular flexibility index (Phi) is 4.45. The second-order valence-corrected chi connectivity index (χ2v) is 6.28. The number of nitrogens with one attached hydrogen (secondary N) is 2. The number of carbonyl (C=O) groups excluding carboxylic acids is 1. The summed E-state index contributed by atoms with van der Waals surface area (Å²) in [6.45, 7) is 2.01. The molecule has 0 atom stereocenters. The molecule has 0 bridgehead atoms. The largest absolute Gasteiger partial charge is 0.490 e. The lowest BCUT2D eigenvalue weighted by molar-refractivity contribution is 0.162. The van der Waals surface area contributed by atoms with Gasteiger partial charge < -0.3 is 25.5 Å². The highest BCUT2D eigenvalue weighted by atomic mass is 16.5. The molecule has 4 N–H and O–H groups in total. The van der Waals surface area contributed by atoms with Gasteiger partial charge in [-0.1, -0.05) is 0 Å². The molecular formula is C19H20N4O3. The first kappa shape index (κ1) is 16.4. The first-order chi connectivity index (χ1) is 12.7. The molecule has 134 valence electrons. The predicted octanol–water partition coefficient (Wildman–Crippen LogP) is 2.82. The number of amides is 1. The van der Waals surface area contributed by atoms with Crippen molar-refractivity contribution in [2.75, 3.05) is 13.1 Å². The van der Waals surface area contributed by atoms with Crippen molar-refractivity contribution in [3.05, 3.63) is 42.5 Å². The van der Waals surface area contributed by atoms with Gasteiger partial charge in [-0.15, -0.1) is 0 Å². The molecule has 2 heterocycles. The molecule has 3 aromatic rings. The van der Waals surface area contributed by atoms with Crippen LogP contribution < -0.4 is 20.5 Å². The third-order valence-corrected chi connectivity index (χ3v) is 4.39. The summed E-state index contributed by atoms with van der Waals surface area (Å²) in [6, 6.07) is 13.0. The normalized spacial score (nSPS) is 15.1. The van der Waals surface area contributed by atoms with Crippen molar-refractivity contribution in [3.8, 4) is 22.9 Å². The molecule has 7 heteroatoms. The van der Waals surface area contributed by atoms with Gasteiger partial charge in [-0.05, 0) is 62.3 Å². The summed E-state index contributed by atoms with van der Waals surface area (Å²) in [7, 11) is 0. The van der Waals surface area contributed by atoms with E-state index in [4.69, 9.17) is 15.2 Å². The van der Waals surface area contributed by atoms with E-state index in [1.54, 1.807) is 18.2 Å². The maximum atomic E-state index is 10.9. The minimum Gasteiger partial charge on any atom is -0.490 e. The maximum Gasteiger partial charge on any atom is 0.409 e. The van der Waals surface area contributed by atoms with Gasteiger partial charge in [-0.3, -0.25) is 0 Å². The van der Waals surface area contributed by atoms with E-state index in [1.807, 2.05) is 24.3 Å². The number of aromatic amines is 1. The van der Waals surface area contributed by atoms with Crippen LogP contribution in [0.5, 0.6) is 11.5 Å². The highest BCUT2D eigenvalue weighted by Gasteiger charge is 2.14. The van der Waals surface area contributed by atoms with Crippen LogP contribution in [0.1, 0.15) is 12.8 Å². The molecule has 1 saturated heterocycles. The zero-order chi connectivity index (χ0) is 17.9. The molecule has 26 heavy (non-hydrogen) atoms. The molecule has 1 aromatic heterocycles. The van der Waals surface area contributed by atoms with Gasteiger partial charge >= 0.3 is 6.09 Å². The van der Waals surface area contributed by atoms with Gasteiger partial charge in [0, 0.05) is 11.6 Å². The first-order valence-electron chi connectivity index (χ1n) is 8.62. The summed E-state index contributed by atoms with van der Waals surface area (Å²) in [5, 5.41) is 3.33. The Morgan fingerprint density at radius 3 is 2.54 bits per heavy atom. The van der Waals surface area contributed by atoms with Crippen molar-refractivity contribution in [2.24, 2.45) is 5.73 Å². The summed E-state index contributed by atoms with van der Waals surface area (Å²) < 4.78 is 10.9. The second-order valence-electron chi connectivity index (χ2n) is 6.28. The average molecular weight is 352 g/mol. The molecule has 0 unspecified atom stereocenters. The van der Waals surface area contributed by atoms with Crippen LogP contribution in [-0.4, -0.2) is 35.3 Å². The fourth-order valence-electron chi connectivity index (χ4n) is 3.10. The van der Waals surface area contributed by atoms with Crippen LogP contribution in [0.4, 0.5) is 4.79 Å². The molecule has 1 fully saturated rings. The number of piperidine rings is 1. The summed E-state index contributed by atoms with van der Waals surface area (Å²) in [5.41, 5.74) is 7.55. The average Bonchev–Trinajstić information content (AvgIpc) is 3.06. The van der Waals surface area contributed by atoms with Gasteiger partial charge in [0.2, 0.25) is 0 Å². The lowest BCUT2D eigenvalue weighted by atomic mass is 10.1. The van der Waals surface area contributed by atoms with Gasteiger partial charge in [-0.2, -0.15) is 0 Å². The fourth-order valence-corrected chi connectivity index (χ4v) is 3.10. The third-order valence-electron chi connectivity index (χ3n) is 4.39. The number of rotatable bonds is 4. The summed E-state index contributed by atoms with van der Waals surface area (Å²) >= 11 is 0. The van der Waals surface area contributed by atoms with Crippen molar-refractivity contribution < 1.29 is 14.3 Å². The number of nitrogens with two attached hydrogens (primary N) is 1. The number of hydrogen-bond donors (Lipinski definition) is 3. The summed E-state index contributed by atoms with van der Waals surface area (Å²) in [6.07, 6.45) is 1.49. The SMILES string of the molecule is NC(=O)Oc1ccc2nc(-c3ccc(OC4CCNCC4)cc3)[nH]c2c1. The van der Waals surface area contributed by atoms with Crippen LogP contribution in [0.15, 0.2) is 42.5 Å². The van der Waals surface area contributed by atoms with E-state index in [0.29, 0.717) is 5.75 Å². The standard InChI is InChI=1S/C19H20N4O3/c20-19(24)26-15-5-6-16-17(11-15)23-18(22-16)12-1-3-13(4-2-12)25-14-7-9-21-10-8-14/h1-6,11,14,21H,7-10H2,(H2,20,24)(H,22,23). The number of primary amides is 1.